The maximum atomic E-state index is 14.7. The Labute approximate surface area is 321 Å². The SMILES string of the molecule is COC(=O)CC1[C@H]2CN(c3nc(N4CC(F)C4C)nc4c3CCCC4(F)F)C[C@@H]12.COC(=O)CC1[C@H]2CN(c3nc(S(C)(=O)=O)nc4c3CCCC4(F)F)C[C@@H]12. The Morgan fingerprint density at radius 1 is 0.732 bits per heavy atom. The zero-order valence-corrected chi connectivity index (χ0v) is 32.5. The zero-order valence-electron chi connectivity index (χ0n) is 31.7. The van der Waals surface area contributed by atoms with E-state index in [1.165, 1.54) is 14.2 Å². The Morgan fingerprint density at radius 3 is 1.59 bits per heavy atom. The van der Waals surface area contributed by atoms with Crippen molar-refractivity contribution in [2.24, 2.45) is 35.5 Å². The first-order valence-electron chi connectivity index (χ1n) is 19.2. The van der Waals surface area contributed by atoms with Crippen molar-refractivity contribution >= 4 is 39.4 Å². The van der Waals surface area contributed by atoms with Gasteiger partial charge in [0.25, 0.3) is 11.8 Å². The van der Waals surface area contributed by atoms with Crippen molar-refractivity contribution in [1.82, 2.24) is 19.9 Å². The number of ether oxygens (including phenoxy) is 2. The van der Waals surface area contributed by atoms with E-state index in [2.05, 4.69) is 24.8 Å². The maximum absolute atomic E-state index is 14.7. The molecule has 0 aromatic carbocycles. The van der Waals surface area contributed by atoms with Gasteiger partial charge in [-0.25, -0.2) is 27.8 Å². The van der Waals surface area contributed by atoms with Crippen molar-refractivity contribution in [3.8, 4) is 0 Å². The van der Waals surface area contributed by atoms with Crippen LogP contribution in [-0.4, -0.2) is 106 Å². The number of hydrogen-bond donors (Lipinski definition) is 0. The second-order valence-corrected chi connectivity index (χ2v) is 18.4. The van der Waals surface area contributed by atoms with Gasteiger partial charge in [0.05, 0.1) is 26.8 Å². The summed E-state index contributed by atoms with van der Waals surface area (Å²) in [7, 11) is -1.07. The maximum Gasteiger partial charge on any atom is 0.305 e. The normalized spacial score (nSPS) is 31.5. The summed E-state index contributed by atoms with van der Waals surface area (Å²) < 4.78 is 105. The summed E-state index contributed by atoms with van der Waals surface area (Å²) in [6.45, 7) is 4.40. The highest BCUT2D eigenvalue weighted by Crippen LogP contribution is 2.56. The van der Waals surface area contributed by atoms with E-state index in [0.717, 1.165) is 6.26 Å². The van der Waals surface area contributed by atoms with Crippen LogP contribution in [0.4, 0.5) is 39.5 Å². The summed E-state index contributed by atoms with van der Waals surface area (Å²) >= 11 is 0. The average molecular weight is 812 g/mol. The lowest BCUT2D eigenvalue weighted by atomic mass is 9.92. The van der Waals surface area contributed by atoms with E-state index in [9.17, 15) is 40.0 Å². The molecule has 3 saturated heterocycles. The van der Waals surface area contributed by atoms with E-state index in [1.54, 1.807) is 11.8 Å². The number of alkyl halides is 5. The van der Waals surface area contributed by atoms with Crippen molar-refractivity contribution < 1.29 is 49.4 Å². The topological polar surface area (TPSA) is 148 Å². The fourth-order valence-corrected chi connectivity index (χ4v) is 10.1. The average Bonchev–Trinajstić information content (AvgIpc) is 3.77. The Balaban J connectivity index is 0.000000158. The van der Waals surface area contributed by atoms with Gasteiger partial charge in [0, 0.05) is 69.2 Å². The molecule has 7 aliphatic rings. The second kappa shape index (κ2) is 13.9. The molecule has 19 heteroatoms. The largest absolute Gasteiger partial charge is 0.469 e. The van der Waals surface area contributed by atoms with Crippen LogP contribution in [0, 0.1) is 35.5 Å². The number of fused-ring (bicyclic) bond motifs is 4. The Hall–Kier alpha value is -3.90. The van der Waals surface area contributed by atoms with Crippen LogP contribution in [0.2, 0.25) is 0 Å². The predicted octanol–water partition coefficient (Wildman–Crippen LogP) is 4.25. The highest BCUT2D eigenvalue weighted by atomic mass is 32.2. The molecule has 2 aromatic heterocycles. The number of sulfone groups is 1. The van der Waals surface area contributed by atoms with Gasteiger partial charge in [0.15, 0.2) is 0 Å². The molecule has 5 heterocycles. The van der Waals surface area contributed by atoms with Gasteiger partial charge in [-0.2, -0.15) is 22.5 Å². The first-order chi connectivity index (χ1) is 26.4. The number of rotatable bonds is 8. The zero-order chi connectivity index (χ0) is 40.1. The first-order valence-corrected chi connectivity index (χ1v) is 21.1. The van der Waals surface area contributed by atoms with Crippen molar-refractivity contribution in [1.29, 1.82) is 0 Å². The molecule has 5 fully saturated rings. The lowest BCUT2D eigenvalue weighted by Gasteiger charge is -2.43. The van der Waals surface area contributed by atoms with Crippen LogP contribution >= 0.6 is 0 Å². The van der Waals surface area contributed by atoms with Crippen LogP contribution < -0.4 is 14.7 Å². The molecule has 13 nitrogen and oxygen atoms in total. The highest BCUT2D eigenvalue weighted by Gasteiger charge is 2.58. The Morgan fingerprint density at radius 2 is 1.18 bits per heavy atom. The fraction of sp³-hybridized carbons (Fsp3) is 0.730. The smallest absolute Gasteiger partial charge is 0.305 e. The molecular weight excluding hydrogens is 766 g/mol. The van der Waals surface area contributed by atoms with Crippen molar-refractivity contribution in [3.63, 3.8) is 0 Å². The molecule has 0 spiro atoms. The lowest BCUT2D eigenvalue weighted by molar-refractivity contribution is -0.142. The predicted molar refractivity (Wildman–Crippen MR) is 191 cm³/mol. The van der Waals surface area contributed by atoms with Crippen LogP contribution in [0.3, 0.4) is 0 Å². The van der Waals surface area contributed by atoms with E-state index < -0.39 is 44.7 Å². The van der Waals surface area contributed by atoms with Gasteiger partial charge in [-0.05, 0) is 68.1 Å². The number of carbonyl (C=O) groups excluding carboxylic acids is 2. The van der Waals surface area contributed by atoms with Gasteiger partial charge < -0.3 is 24.2 Å². The lowest BCUT2D eigenvalue weighted by Crippen LogP contribution is -2.57. The van der Waals surface area contributed by atoms with E-state index in [1.807, 2.05) is 4.90 Å². The number of aromatic nitrogens is 4. The third kappa shape index (κ3) is 6.92. The van der Waals surface area contributed by atoms with Gasteiger partial charge in [0.2, 0.25) is 20.9 Å². The Bertz CT molecular complexity index is 2020. The van der Waals surface area contributed by atoms with Crippen LogP contribution in [0.15, 0.2) is 5.16 Å². The molecule has 3 aliphatic heterocycles. The van der Waals surface area contributed by atoms with Gasteiger partial charge in [-0.15, -0.1) is 0 Å². The van der Waals surface area contributed by atoms with Crippen LogP contribution in [-0.2, 0) is 53.6 Å². The van der Waals surface area contributed by atoms with Gasteiger partial charge in [0.1, 0.15) is 29.2 Å². The summed E-state index contributed by atoms with van der Waals surface area (Å²) in [6.07, 6.45) is 1.78. The van der Waals surface area contributed by atoms with Crippen molar-refractivity contribution in [2.75, 3.05) is 67.9 Å². The molecule has 2 aromatic rings. The molecule has 2 saturated carbocycles. The van der Waals surface area contributed by atoms with E-state index in [4.69, 9.17) is 9.47 Å². The molecule has 4 unspecified atom stereocenters. The molecule has 56 heavy (non-hydrogen) atoms. The van der Waals surface area contributed by atoms with E-state index >= 15 is 0 Å². The van der Waals surface area contributed by atoms with Gasteiger partial charge in [-0.3, -0.25) is 9.59 Å². The molecule has 0 amide bonds. The van der Waals surface area contributed by atoms with Crippen LogP contribution in [0.5, 0.6) is 0 Å². The molecule has 4 aliphatic carbocycles. The Kier molecular flexibility index (Phi) is 9.66. The number of halogens is 5. The monoisotopic (exact) mass is 811 g/mol. The minimum atomic E-state index is -3.81. The molecular formula is C37H46F5N7O6S. The standard InChI is InChI=1S/C20H25F3N4O2.C17H21F2N3O4S/c1-10-15(21)9-27(10)19-24-17-11(4-3-5-20(17,22)23)18(25-19)26-7-13-12(14(13)8-26)6-16(28)29-2;1-26-13(23)6-10-11-7-22(8-12(10)11)15-9-4-3-5-17(18,19)14(9)20-16(21-15)27(2,24)25/h10,12-15H,3-9H2,1-2H3;10-12H,3-8H2,1-2H3/t10?,12?,13-,14+,15?;10?,11-,12+. The summed E-state index contributed by atoms with van der Waals surface area (Å²) in [6, 6.07) is -0.408. The fourth-order valence-electron chi connectivity index (χ4n) is 9.64. The van der Waals surface area contributed by atoms with E-state index in [0.29, 0.717) is 105 Å². The number of hydrogen-bond acceptors (Lipinski definition) is 13. The third-order valence-corrected chi connectivity index (χ3v) is 13.9. The van der Waals surface area contributed by atoms with Crippen molar-refractivity contribution in [2.45, 2.75) is 87.5 Å². The summed E-state index contributed by atoms with van der Waals surface area (Å²) in [4.78, 5) is 45.4. The summed E-state index contributed by atoms with van der Waals surface area (Å²) in [5.74, 6) is -3.68. The van der Waals surface area contributed by atoms with E-state index in [-0.39, 0.29) is 60.7 Å². The number of methoxy groups -OCH3 is 2. The quantitative estimate of drug-likeness (QED) is 0.213. The highest BCUT2D eigenvalue weighted by molar-refractivity contribution is 7.90. The number of piperidine rings is 2. The molecule has 0 radical (unpaired) electrons. The third-order valence-electron chi connectivity index (χ3n) is 13.0. The molecule has 0 N–H and O–H groups in total. The minimum Gasteiger partial charge on any atom is -0.469 e. The molecule has 9 rings (SSSR count). The first kappa shape index (κ1) is 38.9. The molecule has 8 atom stereocenters. The van der Waals surface area contributed by atoms with Gasteiger partial charge >= 0.3 is 11.9 Å². The summed E-state index contributed by atoms with van der Waals surface area (Å²) in [5.41, 5.74) is 0.237. The summed E-state index contributed by atoms with van der Waals surface area (Å²) in [5, 5.41) is -0.551. The number of anilines is 3. The molecule has 306 valence electrons. The number of nitrogens with zero attached hydrogens (tertiary/aromatic N) is 7. The number of esters is 2. The minimum absolute atomic E-state index is 0.136. The van der Waals surface area contributed by atoms with Crippen molar-refractivity contribution in [3.05, 3.63) is 22.5 Å². The van der Waals surface area contributed by atoms with Crippen LogP contribution in [0.1, 0.15) is 68.0 Å². The molecule has 0 bridgehead atoms. The number of carbonyl (C=O) groups is 2. The van der Waals surface area contributed by atoms with Crippen LogP contribution in [0.25, 0.3) is 0 Å². The second-order valence-electron chi connectivity index (χ2n) is 16.5. The van der Waals surface area contributed by atoms with Gasteiger partial charge in [-0.1, -0.05) is 0 Å².